The molecule has 0 aliphatic carbocycles. The van der Waals surface area contributed by atoms with Crippen molar-refractivity contribution in [3.05, 3.63) is 117 Å². The number of halogens is 6. The molecule has 6 rings (SSSR count). The Balaban J connectivity index is 1.16. The van der Waals surface area contributed by atoms with Crippen LogP contribution in [-0.4, -0.2) is 50.7 Å². The predicted octanol–water partition coefficient (Wildman–Crippen LogP) is 9.25. The Hall–Kier alpha value is -5.37. The van der Waals surface area contributed by atoms with E-state index in [9.17, 15) is 41.4 Å². The lowest BCUT2D eigenvalue weighted by Gasteiger charge is -2.38. The third-order valence-corrected chi connectivity index (χ3v) is 10.8. The van der Waals surface area contributed by atoms with Crippen molar-refractivity contribution < 1.29 is 45.8 Å². The summed E-state index contributed by atoms with van der Waals surface area (Å²) in [5.74, 6) is -7.16. The number of Topliss-reactive ketones (excluding diaryl/α,β-unsaturated/α-hetero) is 1. The molecule has 1 atom stereocenters. The fraction of sp³-hybridized carbons (Fsp3) is 0.275. The van der Waals surface area contributed by atoms with Crippen molar-refractivity contribution in [3.63, 3.8) is 0 Å². The number of hydrogen-bond acceptors (Lipinski definition) is 6. The van der Waals surface area contributed by atoms with Crippen molar-refractivity contribution in [1.29, 1.82) is 0 Å². The number of rotatable bonds is 10. The van der Waals surface area contributed by atoms with E-state index in [-0.39, 0.29) is 59.7 Å². The largest absolute Gasteiger partial charge is 0.481 e. The topological polar surface area (TPSA) is 100 Å². The third-order valence-electron chi connectivity index (χ3n) is 9.27. The highest BCUT2D eigenvalue weighted by molar-refractivity contribution is 7.14. The SMILES string of the molecule is CC(C)(C)c1ccc(C(=O)C[C@@H](Cc2ccc(-c3ncc(-c4ccc(-c5ccc(C(F)(F)F)c(F)c5F)cc4F)cn3)cc2)C(=O)N2CC(C(=O)O)C2)s1. The predicted molar refractivity (Wildman–Crippen MR) is 190 cm³/mol. The van der Waals surface area contributed by atoms with Gasteiger partial charge in [-0.05, 0) is 47.2 Å². The van der Waals surface area contributed by atoms with Gasteiger partial charge in [0, 0.05) is 65.0 Å². The minimum atomic E-state index is -5.09. The Morgan fingerprint density at radius 1 is 0.833 bits per heavy atom. The van der Waals surface area contributed by atoms with E-state index in [0.29, 0.717) is 22.3 Å². The summed E-state index contributed by atoms with van der Waals surface area (Å²) in [6.07, 6.45) is -2.18. The molecule has 2 aromatic heterocycles. The van der Waals surface area contributed by atoms with E-state index in [1.807, 2.05) is 6.07 Å². The number of ketones is 1. The van der Waals surface area contributed by atoms with Gasteiger partial charge in [-0.3, -0.25) is 14.4 Å². The fourth-order valence-electron chi connectivity index (χ4n) is 6.13. The maximum absolute atomic E-state index is 15.2. The Morgan fingerprint density at radius 3 is 2.04 bits per heavy atom. The number of nitrogens with zero attached hydrogens (tertiary/aromatic N) is 3. The number of likely N-dealkylation sites (tertiary alicyclic amines) is 1. The molecule has 1 N–H and O–H groups in total. The second kappa shape index (κ2) is 14.8. The number of aromatic nitrogens is 2. The Labute approximate surface area is 310 Å². The van der Waals surface area contributed by atoms with Crippen LogP contribution in [0.3, 0.4) is 0 Å². The van der Waals surface area contributed by atoms with Gasteiger partial charge in [0.05, 0.1) is 16.4 Å². The van der Waals surface area contributed by atoms with E-state index in [1.54, 1.807) is 30.3 Å². The normalized spacial score (nSPS) is 14.1. The van der Waals surface area contributed by atoms with E-state index in [1.165, 1.54) is 40.8 Å². The lowest BCUT2D eigenvalue weighted by Crippen LogP contribution is -2.55. The molecule has 280 valence electrons. The van der Waals surface area contributed by atoms with Crippen LogP contribution in [0.2, 0.25) is 0 Å². The first-order valence-electron chi connectivity index (χ1n) is 16.8. The summed E-state index contributed by atoms with van der Waals surface area (Å²) in [4.78, 5) is 50.0. The average Bonchev–Trinajstić information content (AvgIpc) is 3.60. The van der Waals surface area contributed by atoms with E-state index >= 15 is 4.39 Å². The first-order chi connectivity index (χ1) is 25.4. The molecule has 0 unspecified atom stereocenters. The highest BCUT2D eigenvalue weighted by atomic mass is 32.1. The minimum absolute atomic E-state index is 0.0211. The summed E-state index contributed by atoms with van der Waals surface area (Å²) in [5, 5.41) is 9.30. The lowest BCUT2D eigenvalue weighted by molar-refractivity contribution is -0.154. The highest BCUT2D eigenvalue weighted by Crippen LogP contribution is 2.37. The van der Waals surface area contributed by atoms with Gasteiger partial charge in [-0.1, -0.05) is 63.2 Å². The summed E-state index contributed by atoms with van der Waals surface area (Å²) in [6.45, 7) is 6.33. The van der Waals surface area contributed by atoms with Crippen LogP contribution in [0, 0.1) is 29.3 Å². The molecule has 1 aliphatic heterocycles. The monoisotopic (exact) mass is 765 g/mol. The van der Waals surface area contributed by atoms with Gasteiger partial charge >= 0.3 is 12.1 Å². The average molecular weight is 766 g/mol. The van der Waals surface area contributed by atoms with Crippen LogP contribution in [0.25, 0.3) is 33.6 Å². The van der Waals surface area contributed by atoms with Crippen LogP contribution >= 0.6 is 11.3 Å². The number of amides is 1. The second-order valence-electron chi connectivity index (χ2n) is 14.2. The Morgan fingerprint density at radius 2 is 1.46 bits per heavy atom. The maximum Gasteiger partial charge on any atom is 0.419 e. The molecule has 0 radical (unpaired) electrons. The first kappa shape index (κ1) is 38.4. The zero-order chi connectivity index (χ0) is 39.1. The van der Waals surface area contributed by atoms with E-state index < -0.39 is 52.6 Å². The van der Waals surface area contributed by atoms with Gasteiger partial charge in [0.1, 0.15) is 5.82 Å². The number of thiophene rings is 1. The number of aliphatic carboxylic acids is 1. The molecule has 14 heteroatoms. The Bertz CT molecular complexity index is 2220. The summed E-state index contributed by atoms with van der Waals surface area (Å²) in [6, 6.07) is 15.3. The van der Waals surface area contributed by atoms with Crippen LogP contribution in [-0.2, 0) is 27.6 Å². The summed E-state index contributed by atoms with van der Waals surface area (Å²) < 4.78 is 82.7. The molecular weight excluding hydrogens is 733 g/mol. The quantitative estimate of drug-likeness (QED) is 0.112. The zero-order valence-corrected chi connectivity index (χ0v) is 30.0. The molecule has 3 aromatic carbocycles. The number of carboxylic acid groups (broad SMARTS) is 1. The molecule has 5 aromatic rings. The van der Waals surface area contributed by atoms with Gasteiger partial charge in [0.25, 0.3) is 0 Å². The van der Waals surface area contributed by atoms with Gasteiger partial charge < -0.3 is 10.0 Å². The van der Waals surface area contributed by atoms with Gasteiger partial charge in [0.2, 0.25) is 5.91 Å². The molecule has 0 spiro atoms. The van der Waals surface area contributed by atoms with Crippen molar-refractivity contribution >= 4 is 29.0 Å². The van der Waals surface area contributed by atoms with Gasteiger partial charge in [0.15, 0.2) is 23.2 Å². The molecule has 1 aliphatic rings. The summed E-state index contributed by atoms with van der Waals surface area (Å²) in [7, 11) is 0. The molecule has 7 nitrogen and oxygen atoms in total. The number of alkyl halides is 3. The van der Waals surface area contributed by atoms with E-state index in [2.05, 4.69) is 30.7 Å². The molecule has 0 bridgehead atoms. The van der Waals surface area contributed by atoms with Crippen molar-refractivity contribution in [2.75, 3.05) is 13.1 Å². The van der Waals surface area contributed by atoms with Gasteiger partial charge in [-0.2, -0.15) is 13.2 Å². The lowest BCUT2D eigenvalue weighted by atomic mass is 9.89. The van der Waals surface area contributed by atoms with Gasteiger partial charge in [-0.15, -0.1) is 11.3 Å². The van der Waals surface area contributed by atoms with Crippen LogP contribution in [0.5, 0.6) is 0 Å². The number of benzene rings is 3. The molecule has 1 fully saturated rings. The standard InChI is InChI=1S/C40H33F6N3O4S/c1-39(2,3)33-13-12-32(54-33)31(50)16-24(37(51)49-19-26(20-49)38(52)53)14-21-4-6-22(7-5-21)36-47-17-25(18-48-36)27-9-8-23(15-30(27)41)28-10-11-29(40(44,45)46)35(43)34(28)42/h4-13,15,17-18,24,26H,14,16,19-20H2,1-3H3,(H,52,53)/t24-/m1/s1. The van der Waals surface area contributed by atoms with Crippen molar-refractivity contribution in [2.45, 2.75) is 45.2 Å². The van der Waals surface area contributed by atoms with Crippen molar-refractivity contribution in [2.24, 2.45) is 11.8 Å². The maximum atomic E-state index is 15.2. The molecule has 1 saturated heterocycles. The molecule has 3 heterocycles. The second-order valence-corrected chi connectivity index (χ2v) is 15.3. The highest BCUT2D eigenvalue weighted by Gasteiger charge is 2.39. The Kier molecular flexibility index (Phi) is 10.5. The number of carbonyl (C=O) groups is 3. The molecule has 54 heavy (non-hydrogen) atoms. The van der Waals surface area contributed by atoms with Crippen LogP contribution < -0.4 is 0 Å². The van der Waals surface area contributed by atoms with Crippen molar-refractivity contribution in [3.8, 4) is 33.6 Å². The first-order valence-corrected chi connectivity index (χ1v) is 17.6. The van der Waals surface area contributed by atoms with Crippen LogP contribution in [0.4, 0.5) is 26.3 Å². The van der Waals surface area contributed by atoms with E-state index in [4.69, 9.17) is 0 Å². The smallest absolute Gasteiger partial charge is 0.419 e. The molecule has 0 saturated carbocycles. The van der Waals surface area contributed by atoms with Crippen molar-refractivity contribution in [1.82, 2.24) is 14.9 Å². The summed E-state index contributed by atoms with van der Waals surface area (Å²) >= 11 is 1.40. The number of carboxylic acids is 1. The minimum Gasteiger partial charge on any atom is -0.481 e. The molecular formula is C40H33F6N3O4S. The fourth-order valence-corrected chi connectivity index (χ4v) is 7.15. The van der Waals surface area contributed by atoms with Gasteiger partial charge in [-0.25, -0.2) is 23.1 Å². The van der Waals surface area contributed by atoms with E-state index in [0.717, 1.165) is 22.6 Å². The van der Waals surface area contributed by atoms with Crippen LogP contribution in [0.1, 0.15) is 52.9 Å². The van der Waals surface area contributed by atoms with Crippen LogP contribution in [0.15, 0.2) is 79.1 Å². The number of hydrogen-bond donors (Lipinski definition) is 1. The third kappa shape index (κ3) is 8.08. The zero-order valence-electron chi connectivity index (χ0n) is 29.2. The summed E-state index contributed by atoms with van der Waals surface area (Å²) in [5.41, 5.74) is -0.974. The molecule has 1 amide bonds. The number of carbonyl (C=O) groups excluding carboxylic acids is 2.